The highest BCUT2D eigenvalue weighted by molar-refractivity contribution is 9.10. The van der Waals surface area contributed by atoms with Gasteiger partial charge in [-0.2, -0.15) is 0 Å². The van der Waals surface area contributed by atoms with Crippen LogP contribution in [0.1, 0.15) is 50.6 Å². The second-order valence-electron chi connectivity index (χ2n) is 6.88. The summed E-state index contributed by atoms with van der Waals surface area (Å²) < 4.78 is 1.10. The summed E-state index contributed by atoms with van der Waals surface area (Å²) in [4.78, 5) is 5.01. The van der Waals surface area contributed by atoms with Gasteiger partial charge in [0.05, 0.1) is 0 Å². The molecule has 0 aliphatic rings. The summed E-state index contributed by atoms with van der Waals surface area (Å²) in [6, 6.07) is 23.5. The van der Waals surface area contributed by atoms with Crippen molar-refractivity contribution in [2.24, 2.45) is 0 Å². The molecule has 2 aromatic carbocycles. The standard InChI is InChI=1S/C24H24BrN.C3H6.C2H6/c1-2-3-5-10-24-23(20-12-14-21(25)15-13-20)18-17-22(26-24)16-11-19-8-6-4-7-9-19;1-3-2;1-2/h2,4,6-9,12-15,17-18H,1,3,5,10-11,16H2;3H,1H2,2H3;1-2H3. The minimum absolute atomic E-state index is 0.971. The summed E-state index contributed by atoms with van der Waals surface area (Å²) in [5.41, 5.74) is 6.19. The summed E-state index contributed by atoms with van der Waals surface area (Å²) in [5, 5.41) is 0. The zero-order valence-corrected chi connectivity index (χ0v) is 20.9. The van der Waals surface area contributed by atoms with Crippen LogP contribution >= 0.6 is 15.9 Å². The number of pyridine rings is 1. The smallest absolute Gasteiger partial charge is 0.0485 e. The van der Waals surface area contributed by atoms with E-state index in [-0.39, 0.29) is 0 Å². The Bertz CT molecular complexity index is 882. The van der Waals surface area contributed by atoms with Gasteiger partial charge in [0.15, 0.2) is 0 Å². The molecule has 0 atom stereocenters. The lowest BCUT2D eigenvalue weighted by atomic mass is 9.99. The summed E-state index contributed by atoms with van der Waals surface area (Å²) in [5.74, 6) is 0. The number of benzene rings is 2. The van der Waals surface area contributed by atoms with Gasteiger partial charge in [0.25, 0.3) is 0 Å². The predicted molar refractivity (Wildman–Crippen MR) is 142 cm³/mol. The van der Waals surface area contributed by atoms with Crippen LogP contribution < -0.4 is 0 Å². The molecule has 0 fully saturated rings. The SMILES string of the molecule is C=CC.C=CCCCc1nc(CCc2ccccc2)ccc1-c1ccc(Br)cc1.CC. The first-order valence-corrected chi connectivity index (χ1v) is 11.9. The number of hydrogen-bond acceptors (Lipinski definition) is 1. The van der Waals surface area contributed by atoms with E-state index in [4.69, 9.17) is 4.98 Å². The van der Waals surface area contributed by atoms with Crippen molar-refractivity contribution in [3.8, 4) is 11.1 Å². The first-order chi connectivity index (χ1) is 15.2. The van der Waals surface area contributed by atoms with Crippen molar-refractivity contribution in [1.29, 1.82) is 0 Å². The molecule has 0 saturated carbocycles. The molecular weight excluding hydrogens is 442 g/mol. The largest absolute Gasteiger partial charge is 0.257 e. The minimum Gasteiger partial charge on any atom is -0.257 e. The Balaban J connectivity index is 0.000000884. The van der Waals surface area contributed by atoms with E-state index < -0.39 is 0 Å². The fourth-order valence-electron chi connectivity index (χ4n) is 3.10. The molecular formula is C29H36BrN. The van der Waals surface area contributed by atoms with E-state index in [2.05, 4.69) is 95.8 Å². The molecule has 1 aromatic heterocycles. The maximum absolute atomic E-state index is 5.01. The number of hydrogen-bond donors (Lipinski definition) is 0. The highest BCUT2D eigenvalue weighted by Crippen LogP contribution is 2.26. The van der Waals surface area contributed by atoms with E-state index >= 15 is 0 Å². The third-order valence-electron chi connectivity index (χ3n) is 4.52. The lowest BCUT2D eigenvalue weighted by Crippen LogP contribution is -2.01. The number of aromatic nitrogens is 1. The molecule has 0 radical (unpaired) electrons. The molecule has 164 valence electrons. The van der Waals surface area contributed by atoms with Crippen molar-refractivity contribution in [3.63, 3.8) is 0 Å². The van der Waals surface area contributed by atoms with Gasteiger partial charge in [-0.1, -0.05) is 90.5 Å². The fraction of sp³-hybridized carbons (Fsp3) is 0.276. The van der Waals surface area contributed by atoms with E-state index in [0.29, 0.717) is 0 Å². The Kier molecular flexibility index (Phi) is 14.0. The fourth-order valence-corrected chi connectivity index (χ4v) is 3.36. The number of rotatable bonds is 8. The van der Waals surface area contributed by atoms with Crippen LogP contribution in [0, 0.1) is 0 Å². The van der Waals surface area contributed by atoms with Crippen molar-refractivity contribution >= 4 is 15.9 Å². The summed E-state index contributed by atoms with van der Waals surface area (Å²) in [6.45, 7) is 13.1. The molecule has 0 N–H and O–H groups in total. The van der Waals surface area contributed by atoms with Gasteiger partial charge in [0.2, 0.25) is 0 Å². The van der Waals surface area contributed by atoms with E-state index in [1.807, 2.05) is 26.8 Å². The molecule has 0 bridgehead atoms. The average molecular weight is 479 g/mol. The van der Waals surface area contributed by atoms with Crippen molar-refractivity contribution in [1.82, 2.24) is 4.98 Å². The molecule has 31 heavy (non-hydrogen) atoms. The Hall–Kier alpha value is -2.45. The summed E-state index contributed by atoms with van der Waals surface area (Å²) in [7, 11) is 0. The van der Waals surface area contributed by atoms with E-state index in [9.17, 15) is 0 Å². The van der Waals surface area contributed by atoms with Crippen LogP contribution in [0.4, 0.5) is 0 Å². The molecule has 0 aliphatic heterocycles. The van der Waals surface area contributed by atoms with Gasteiger partial charge >= 0.3 is 0 Å². The Morgan fingerprint density at radius 1 is 0.839 bits per heavy atom. The molecule has 3 rings (SSSR count). The summed E-state index contributed by atoms with van der Waals surface area (Å²) >= 11 is 3.52. The normalized spacial score (nSPS) is 9.55. The van der Waals surface area contributed by atoms with Crippen LogP contribution in [0.2, 0.25) is 0 Å². The molecule has 1 nitrogen and oxygen atoms in total. The number of aryl methyl sites for hydroxylation is 3. The quantitative estimate of drug-likeness (QED) is 0.232. The van der Waals surface area contributed by atoms with Crippen LogP contribution in [-0.2, 0) is 19.3 Å². The van der Waals surface area contributed by atoms with Crippen molar-refractivity contribution < 1.29 is 0 Å². The zero-order valence-electron chi connectivity index (χ0n) is 19.3. The van der Waals surface area contributed by atoms with Gasteiger partial charge in [-0.25, -0.2) is 0 Å². The second kappa shape index (κ2) is 16.3. The van der Waals surface area contributed by atoms with Crippen LogP contribution in [0.15, 0.2) is 96.5 Å². The zero-order chi connectivity index (χ0) is 22.9. The second-order valence-corrected chi connectivity index (χ2v) is 7.79. The molecule has 0 spiro atoms. The van der Waals surface area contributed by atoms with Crippen LogP contribution in [0.5, 0.6) is 0 Å². The third-order valence-corrected chi connectivity index (χ3v) is 5.05. The molecule has 0 amide bonds. The maximum Gasteiger partial charge on any atom is 0.0485 e. The number of halogens is 1. The third kappa shape index (κ3) is 9.93. The van der Waals surface area contributed by atoms with Gasteiger partial charge in [-0.05, 0) is 68.4 Å². The van der Waals surface area contributed by atoms with Gasteiger partial charge in [-0.15, -0.1) is 13.2 Å². The van der Waals surface area contributed by atoms with E-state index in [1.165, 1.54) is 28.1 Å². The highest BCUT2D eigenvalue weighted by Gasteiger charge is 2.09. The Morgan fingerprint density at radius 2 is 1.48 bits per heavy atom. The van der Waals surface area contributed by atoms with Crippen LogP contribution in [-0.4, -0.2) is 4.98 Å². The molecule has 3 aromatic rings. The Labute approximate surface area is 198 Å². The van der Waals surface area contributed by atoms with Crippen LogP contribution in [0.25, 0.3) is 11.1 Å². The molecule has 0 unspecified atom stereocenters. The number of nitrogens with zero attached hydrogens (tertiary/aromatic N) is 1. The number of unbranched alkanes of at least 4 members (excludes halogenated alkanes) is 1. The van der Waals surface area contributed by atoms with Gasteiger partial charge < -0.3 is 0 Å². The van der Waals surface area contributed by atoms with Gasteiger partial charge in [-0.3, -0.25) is 4.98 Å². The minimum atomic E-state index is 0.971. The average Bonchev–Trinajstić information content (AvgIpc) is 2.81. The summed E-state index contributed by atoms with van der Waals surface area (Å²) in [6.07, 6.45) is 8.82. The number of allylic oxidation sites excluding steroid dienone is 2. The monoisotopic (exact) mass is 477 g/mol. The molecule has 0 saturated heterocycles. The predicted octanol–water partition coefficient (Wildman–Crippen LogP) is 9.02. The van der Waals surface area contributed by atoms with E-state index in [1.54, 1.807) is 6.08 Å². The van der Waals surface area contributed by atoms with Crippen LogP contribution in [0.3, 0.4) is 0 Å². The first-order valence-electron chi connectivity index (χ1n) is 11.1. The van der Waals surface area contributed by atoms with Crippen molar-refractivity contribution in [3.05, 3.63) is 113 Å². The van der Waals surface area contributed by atoms with E-state index in [0.717, 1.165) is 36.6 Å². The molecule has 2 heteroatoms. The highest BCUT2D eigenvalue weighted by atomic mass is 79.9. The first kappa shape index (κ1) is 26.6. The van der Waals surface area contributed by atoms with Gasteiger partial charge in [0.1, 0.15) is 0 Å². The molecule has 0 aliphatic carbocycles. The maximum atomic E-state index is 5.01. The lowest BCUT2D eigenvalue weighted by Gasteiger charge is -2.12. The topological polar surface area (TPSA) is 12.9 Å². The van der Waals surface area contributed by atoms with Crippen molar-refractivity contribution in [2.45, 2.75) is 52.9 Å². The Morgan fingerprint density at radius 3 is 2.10 bits per heavy atom. The lowest BCUT2D eigenvalue weighted by molar-refractivity contribution is 0.803. The molecule has 1 heterocycles. The van der Waals surface area contributed by atoms with Crippen molar-refractivity contribution in [2.75, 3.05) is 0 Å². The van der Waals surface area contributed by atoms with Gasteiger partial charge in [0, 0.05) is 21.4 Å².